The molecule has 0 amide bonds. The first-order valence-electron chi connectivity index (χ1n) is 10.9. The summed E-state index contributed by atoms with van der Waals surface area (Å²) in [4.78, 5) is 5.26. The molecule has 4 rings (SSSR count). The van der Waals surface area contributed by atoms with Crippen LogP contribution in [-0.4, -0.2) is 60.8 Å². The molecule has 2 saturated heterocycles. The fourth-order valence-electron chi connectivity index (χ4n) is 5.07. The van der Waals surface area contributed by atoms with E-state index in [1.807, 2.05) is 12.1 Å². The van der Waals surface area contributed by atoms with Gasteiger partial charge < -0.3 is 9.84 Å². The highest BCUT2D eigenvalue weighted by Gasteiger charge is 2.37. The molecule has 1 atom stereocenters. The van der Waals surface area contributed by atoms with E-state index >= 15 is 0 Å². The van der Waals surface area contributed by atoms with E-state index in [9.17, 15) is 5.11 Å². The molecular weight excluding hydrogens is 360 g/mol. The molecule has 2 fully saturated rings. The molecule has 4 nitrogen and oxygen atoms in total. The molecular formula is C25H34N2O2. The lowest BCUT2D eigenvalue weighted by molar-refractivity contribution is 0.0285. The molecule has 2 aliphatic rings. The molecule has 2 heterocycles. The second-order valence-electron chi connectivity index (χ2n) is 8.89. The monoisotopic (exact) mass is 394 g/mol. The van der Waals surface area contributed by atoms with E-state index in [0.717, 1.165) is 51.2 Å². The number of rotatable bonds is 7. The summed E-state index contributed by atoms with van der Waals surface area (Å²) in [5.74, 6) is 0.900. The topological polar surface area (TPSA) is 35.9 Å². The van der Waals surface area contributed by atoms with E-state index in [2.05, 4.69) is 52.3 Å². The zero-order valence-corrected chi connectivity index (χ0v) is 17.6. The van der Waals surface area contributed by atoms with E-state index in [0.29, 0.717) is 6.04 Å². The lowest BCUT2D eigenvalue weighted by Crippen LogP contribution is -2.48. The Kier molecular flexibility index (Phi) is 6.53. The summed E-state index contributed by atoms with van der Waals surface area (Å²) in [6.45, 7) is 5.86. The van der Waals surface area contributed by atoms with Gasteiger partial charge in [-0.15, -0.1) is 0 Å². The molecule has 4 heteroatoms. The number of ether oxygens (including phenoxy) is 1. The zero-order chi connectivity index (χ0) is 20.1. The van der Waals surface area contributed by atoms with E-state index in [-0.39, 0.29) is 12.0 Å². The van der Waals surface area contributed by atoms with Crippen LogP contribution in [0.1, 0.15) is 30.4 Å². The first-order chi connectivity index (χ1) is 14.2. The number of methoxy groups -OCH3 is 1. The van der Waals surface area contributed by atoms with Crippen molar-refractivity contribution in [3.63, 3.8) is 0 Å². The van der Waals surface area contributed by atoms with Gasteiger partial charge >= 0.3 is 0 Å². The van der Waals surface area contributed by atoms with Crippen molar-refractivity contribution in [3.8, 4) is 5.75 Å². The lowest BCUT2D eigenvalue weighted by atomic mass is 9.74. The number of aliphatic hydroxyl groups excluding tert-OH is 1. The highest BCUT2D eigenvalue weighted by atomic mass is 16.5. The van der Waals surface area contributed by atoms with Gasteiger partial charge in [-0.1, -0.05) is 42.5 Å². The number of likely N-dealkylation sites (tertiary alicyclic amines) is 2. The minimum Gasteiger partial charge on any atom is -0.497 e. The molecule has 2 aromatic carbocycles. The van der Waals surface area contributed by atoms with Crippen LogP contribution in [0.3, 0.4) is 0 Å². The van der Waals surface area contributed by atoms with Gasteiger partial charge in [-0.3, -0.25) is 9.80 Å². The van der Waals surface area contributed by atoms with E-state index in [1.165, 1.54) is 24.1 Å². The number of nitrogens with zero attached hydrogens (tertiary/aromatic N) is 2. The lowest BCUT2D eigenvalue weighted by Gasteiger charge is -2.43. The summed E-state index contributed by atoms with van der Waals surface area (Å²) in [5.41, 5.74) is 2.68. The van der Waals surface area contributed by atoms with Gasteiger partial charge in [-0.25, -0.2) is 0 Å². The molecule has 0 saturated carbocycles. The van der Waals surface area contributed by atoms with E-state index in [1.54, 1.807) is 7.11 Å². The maximum absolute atomic E-state index is 10.2. The highest BCUT2D eigenvalue weighted by Crippen LogP contribution is 2.37. The maximum atomic E-state index is 10.2. The summed E-state index contributed by atoms with van der Waals surface area (Å²) in [6.07, 6.45) is 4.32. The standard InChI is InChI=1S/C25H34N2O2/c1-29-24-9-5-8-22(16-24)17-25(20-28)11-14-27(15-12-25)23-10-13-26(19-23)18-21-6-3-2-4-7-21/h2-9,16,23,28H,10-15,17-20H2,1H3/t23-/m0/s1. The molecule has 2 aliphatic heterocycles. The molecule has 1 N–H and O–H groups in total. The maximum Gasteiger partial charge on any atom is 0.119 e. The van der Waals surface area contributed by atoms with Crippen LogP contribution in [0.5, 0.6) is 5.75 Å². The smallest absolute Gasteiger partial charge is 0.119 e. The van der Waals surface area contributed by atoms with E-state index in [4.69, 9.17) is 4.74 Å². The van der Waals surface area contributed by atoms with Crippen molar-refractivity contribution in [2.45, 2.75) is 38.3 Å². The minimum absolute atomic E-state index is 0.00515. The van der Waals surface area contributed by atoms with Crippen molar-refractivity contribution in [1.29, 1.82) is 0 Å². The molecule has 0 unspecified atom stereocenters. The Morgan fingerprint density at radius 3 is 2.48 bits per heavy atom. The Bertz CT molecular complexity index is 771. The summed E-state index contributed by atoms with van der Waals surface area (Å²) in [6, 6.07) is 19.8. The second kappa shape index (κ2) is 9.29. The number of hydrogen-bond donors (Lipinski definition) is 1. The van der Waals surface area contributed by atoms with Crippen molar-refractivity contribution >= 4 is 0 Å². The average Bonchev–Trinajstić information content (AvgIpc) is 3.23. The summed E-state index contributed by atoms with van der Waals surface area (Å²) in [7, 11) is 1.71. The van der Waals surface area contributed by atoms with Crippen LogP contribution in [0.15, 0.2) is 54.6 Å². The fraction of sp³-hybridized carbons (Fsp3) is 0.520. The molecule has 0 radical (unpaired) electrons. The molecule has 29 heavy (non-hydrogen) atoms. The second-order valence-corrected chi connectivity index (χ2v) is 8.89. The van der Waals surface area contributed by atoms with Crippen LogP contribution in [0.4, 0.5) is 0 Å². The molecule has 0 aliphatic carbocycles. The van der Waals surface area contributed by atoms with Crippen LogP contribution < -0.4 is 4.74 Å². The molecule has 2 aromatic rings. The molecule has 156 valence electrons. The number of piperidine rings is 1. The number of benzene rings is 2. The van der Waals surface area contributed by atoms with Gasteiger partial charge in [0.1, 0.15) is 5.75 Å². The van der Waals surface area contributed by atoms with Gasteiger partial charge in [0.25, 0.3) is 0 Å². The predicted molar refractivity (Wildman–Crippen MR) is 117 cm³/mol. The normalized spacial score (nSPS) is 22.6. The third kappa shape index (κ3) is 5.00. The SMILES string of the molecule is COc1cccc(CC2(CO)CCN([C@H]3CCN(Cc4ccccc4)C3)CC2)c1. The number of aliphatic hydroxyl groups is 1. The minimum atomic E-state index is 0.00515. The summed E-state index contributed by atoms with van der Waals surface area (Å²) >= 11 is 0. The quantitative estimate of drug-likeness (QED) is 0.779. The van der Waals surface area contributed by atoms with Gasteiger partial charge in [0.2, 0.25) is 0 Å². The van der Waals surface area contributed by atoms with Gasteiger partial charge in [0.15, 0.2) is 0 Å². The van der Waals surface area contributed by atoms with Crippen LogP contribution in [0, 0.1) is 5.41 Å². The van der Waals surface area contributed by atoms with Gasteiger partial charge in [-0.2, -0.15) is 0 Å². The highest BCUT2D eigenvalue weighted by molar-refractivity contribution is 5.29. The molecule has 0 aromatic heterocycles. The van der Waals surface area contributed by atoms with Crippen molar-refractivity contribution in [1.82, 2.24) is 9.80 Å². The third-order valence-electron chi connectivity index (χ3n) is 6.92. The van der Waals surface area contributed by atoms with Crippen molar-refractivity contribution in [2.24, 2.45) is 5.41 Å². The van der Waals surface area contributed by atoms with Crippen LogP contribution in [0.25, 0.3) is 0 Å². The average molecular weight is 395 g/mol. The first kappa shape index (κ1) is 20.4. The Morgan fingerprint density at radius 2 is 1.76 bits per heavy atom. The van der Waals surface area contributed by atoms with Crippen LogP contribution in [-0.2, 0) is 13.0 Å². The van der Waals surface area contributed by atoms with E-state index < -0.39 is 0 Å². The van der Waals surface area contributed by atoms with Gasteiger partial charge in [-0.05, 0) is 67.4 Å². The van der Waals surface area contributed by atoms with Crippen molar-refractivity contribution in [3.05, 3.63) is 65.7 Å². The first-order valence-corrected chi connectivity index (χ1v) is 10.9. The fourth-order valence-corrected chi connectivity index (χ4v) is 5.07. The Morgan fingerprint density at radius 1 is 1.00 bits per heavy atom. The molecule has 0 bridgehead atoms. The van der Waals surface area contributed by atoms with Gasteiger partial charge in [0.05, 0.1) is 7.11 Å². The largest absolute Gasteiger partial charge is 0.497 e. The van der Waals surface area contributed by atoms with Crippen molar-refractivity contribution in [2.75, 3.05) is 39.9 Å². The van der Waals surface area contributed by atoms with Crippen LogP contribution >= 0.6 is 0 Å². The summed E-state index contributed by atoms with van der Waals surface area (Å²) in [5, 5.41) is 10.2. The Balaban J connectivity index is 1.31. The Hall–Kier alpha value is -1.88. The third-order valence-corrected chi connectivity index (χ3v) is 6.92. The van der Waals surface area contributed by atoms with Crippen molar-refractivity contribution < 1.29 is 9.84 Å². The predicted octanol–water partition coefficient (Wildman–Crippen LogP) is 3.59. The van der Waals surface area contributed by atoms with Crippen LogP contribution in [0.2, 0.25) is 0 Å². The Labute approximate surface area is 175 Å². The molecule has 0 spiro atoms. The summed E-state index contributed by atoms with van der Waals surface area (Å²) < 4.78 is 5.37. The zero-order valence-electron chi connectivity index (χ0n) is 17.6. The van der Waals surface area contributed by atoms with Gasteiger partial charge in [0, 0.05) is 32.3 Å². The number of hydrogen-bond acceptors (Lipinski definition) is 4.